The van der Waals surface area contributed by atoms with E-state index in [1.807, 2.05) is 27.4 Å². The Kier molecular flexibility index (Phi) is 5.61. The third-order valence-corrected chi connectivity index (χ3v) is 5.80. The molecule has 1 aliphatic rings. The predicted molar refractivity (Wildman–Crippen MR) is 124 cm³/mol. The molecule has 7 nitrogen and oxygen atoms in total. The molecular formula is C25H31N3O4. The van der Waals surface area contributed by atoms with Crippen molar-refractivity contribution < 1.29 is 14.3 Å². The third-order valence-electron chi connectivity index (χ3n) is 5.80. The van der Waals surface area contributed by atoms with Gasteiger partial charge >= 0.3 is 5.97 Å². The summed E-state index contributed by atoms with van der Waals surface area (Å²) in [7, 11) is 0. The number of benzene rings is 1. The van der Waals surface area contributed by atoms with E-state index in [-0.39, 0.29) is 29.1 Å². The number of carbonyl (C=O) groups is 1. The summed E-state index contributed by atoms with van der Waals surface area (Å²) >= 11 is 0. The fourth-order valence-corrected chi connectivity index (χ4v) is 4.20. The highest BCUT2D eigenvalue weighted by atomic mass is 16.5. The Hall–Kier alpha value is -3.09. The second kappa shape index (κ2) is 8.11. The Bertz CT molecular complexity index is 1230. The minimum Gasteiger partial charge on any atom is -0.491 e. The van der Waals surface area contributed by atoms with E-state index in [1.54, 1.807) is 19.2 Å². The molecule has 0 saturated heterocycles. The first-order valence-electron chi connectivity index (χ1n) is 11.2. The molecule has 1 aromatic carbocycles. The smallest absolute Gasteiger partial charge is 0.343 e. The Morgan fingerprint density at radius 3 is 2.69 bits per heavy atom. The molecule has 32 heavy (non-hydrogen) atoms. The average molecular weight is 438 g/mol. The van der Waals surface area contributed by atoms with Gasteiger partial charge in [0, 0.05) is 17.6 Å². The van der Waals surface area contributed by atoms with Gasteiger partial charge in [-0.05, 0) is 24.3 Å². The second-order valence-corrected chi connectivity index (χ2v) is 9.83. The van der Waals surface area contributed by atoms with E-state index < -0.39 is 5.97 Å². The van der Waals surface area contributed by atoms with Crippen molar-refractivity contribution in [2.24, 2.45) is 11.3 Å². The lowest BCUT2D eigenvalue weighted by atomic mass is 9.85. The van der Waals surface area contributed by atoms with Gasteiger partial charge in [-0.1, -0.05) is 46.8 Å². The zero-order valence-electron chi connectivity index (χ0n) is 19.6. The SMILES string of the molecule is CCOC(=O)c1cn2c(cc1=O)-c1c3cccc(OCC(C)C)c3nn1CC2C(C)(C)C. The molecule has 170 valence electrons. The van der Waals surface area contributed by atoms with Gasteiger partial charge in [0.05, 0.1) is 37.2 Å². The molecule has 0 amide bonds. The second-order valence-electron chi connectivity index (χ2n) is 9.83. The summed E-state index contributed by atoms with van der Waals surface area (Å²) in [5.74, 6) is 0.546. The number of hydrogen-bond donors (Lipinski definition) is 0. The first-order chi connectivity index (χ1) is 15.1. The van der Waals surface area contributed by atoms with Gasteiger partial charge in [-0.3, -0.25) is 9.48 Å². The zero-order chi connectivity index (χ0) is 23.2. The largest absolute Gasteiger partial charge is 0.491 e. The average Bonchev–Trinajstić information content (AvgIpc) is 3.10. The maximum atomic E-state index is 12.9. The number of hydrogen-bond acceptors (Lipinski definition) is 5. The number of nitrogens with zero attached hydrogens (tertiary/aromatic N) is 3. The van der Waals surface area contributed by atoms with Crippen LogP contribution in [0, 0.1) is 11.3 Å². The minimum absolute atomic E-state index is 0.00637. The van der Waals surface area contributed by atoms with Crippen LogP contribution in [0.3, 0.4) is 0 Å². The van der Waals surface area contributed by atoms with Crippen LogP contribution in [-0.2, 0) is 11.3 Å². The first-order valence-corrected chi connectivity index (χ1v) is 11.2. The number of aromatic nitrogens is 3. The van der Waals surface area contributed by atoms with Crippen LogP contribution in [0.15, 0.2) is 35.3 Å². The normalized spacial score (nSPS) is 15.5. The van der Waals surface area contributed by atoms with Gasteiger partial charge < -0.3 is 14.0 Å². The predicted octanol–water partition coefficient (Wildman–Crippen LogP) is 4.68. The Morgan fingerprint density at radius 1 is 1.28 bits per heavy atom. The van der Waals surface area contributed by atoms with Crippen LogP contribution >= 0.6 is 0 Å². The van der Waals surface area contributed by atoms with E-state index >= 15 is 0 Å². The van der Waals surface area contributed by atoms with Gasteiger partial charge in [0.25, 0.3) is 0 Å². The fraction of sp³-hybridized carbons (Fsp3) is 0.480. The van der Waals surface area contributed by atoms with E-state index in [9.17, 15) is 9.59 Å². The van der Waals surface area contributed by atoms with E-state index in [0.29, 0.717) is 19.1 Å². The zero-order valence-corrected chi connectivity index (χ0v) is 19.6. The number of rotatable bonds is 5. The van der Waals surface area contributed by atoms with Gasteiger partial charge in [-0.15, -0.1) is 0 Å². The summed E-state index contributed by atoms with van der Waals surface area (Å²) < 4.78 is 15.2. The molecule has 0 aliphatic carbocycles. The number of ether oxygens (including phenoxy) is 2. The van der Waals surface area contributed by atoms with Crippen molar-refractivity contribution in [2.75, 3.05) is 13.2 Å². The standard InChI is InChI=1S/C25H31N3O4/c1-7-31-24(30)17-12-27-18(11-19(17)29)23-16-9-8-10-20(32-14-15(2)3)22(16)26-28(23)13-21(27)25(4,5)6/h8-12,15,21H,7,13-14H2,1-6H3. The van der Waals surface area contributed by atoms with Crippen molar-refractivity contribution in [3.8, 4) is 17.1 Å². The number of esters is 1. The Balaban J connectivity index is 1.94. The Labute approximate surface area is 187 Å². The highest BCUT2D eigenvalue weighted by Crippen LogP contribution is 2.43. The molecule has 4 rings (SSSR count). The topological polar surface area (TPSA) is 75.3 Å². The summed E-state index contributed by atoms with van der Waals surface area (Å²) in [6.07, 6.45) is 1.66. The van der Waals surface area contributed by atoms with E-state index in [4.69, 9.17) is 14.6 Å². The van der Waals surface area contributed by atoms with Gasteiger partial charge in [0.1, 0.15) is 16.8 Å². The number of fused-ring (bicyclic) bond motifs is 5. The molecule has 0 bridgehead atoms. The lowest BCUT2D eigenvalue weighted by molar-refractivity contribution is 0.0522. The lowest BCUT2D eigenvalue weighted by Crippen LogP contribution is -2.35. The van der Waals surface area contributed by atoms with Gasteiger partial charge in [-0.2, -0.15) is 5.10 Å². The monoisotopic (exact) mass is 437 g/mol. The molecule has 0 fully saturated rings. The highest BCUT2D eigenvalue weighted by molar-refractivity contribution is 5.97. The summed E-state index contributed by atoms with van der Waals surface area (Å²) in [6.45, 7) is 13.8. The first kappa shape index (κ1) is 22.1. The third kappa shape index (κ3) is 3.80. The van der Waals surface area contributed by atoms with Crippen molar-refractivity contribution in [3.05, 3.63) is 46.2 Å². The van der Waals surface area contributed by atoms with Crippen molar-refractivity contribution >= 4 is 16.9 Å². The number of pyridine rings is 1. The quantitative estimate of drug-likeness (QED) is 0.542. The molecular weight excluding hydrogens is 406 g/mol. The van der Waals surface area contributed by atoms with Gasteiger partial charge in [-0.25, -0.2) is 4.79 Å². The number of carbonyl (C=O) groups excluding carboxylic acids is 1. The highest BCUT2D eigenvalue weighted by Gasteiger charge is 2.35. The molecule has 0 N–H and O–H groups in total. The van der Waals surface area contributed by atoms with E-state index in [1.165, 1.54) is 0 Å². The van der Waals surface area contributed by atoms with Crippen LogP contribution < -0.4 is 10.2 Å². The molecule has 7 heteroatoms. The molecule has 0 spiro atoms. The van der Waals surface area contributed by atoms with E-state index in [0.717, 1.165) is 28.0 Å². The molecule has 0 saturated carbocycles. The van der Waals surface area contributed by atoms with Gasteiger partial charge in [0.2, 0.25) is 0 Å². The van der Waals surface area contributed by atoms with Crippen LogP contribution in [-0.4, -0.2) is 33.5 Å². The van der Waals surface area contributed by atoms with Crippen LogP contribution in [0.1, 0.15) is 57.9 Å². The summed E-state index contributed by atoms with van der Waals surface area (Å²) in [4.78, 5) is 25.3. The lowest BCUT2D eigenvalue weighted by Gasteiger charge is -2.38. The Morgan fingerprint density at radius 2 is 2.03 bits per heavy atom. The van der Waals surface area contributed by atoms with Crippen molar-refractivity contribution in [1.82, 2.24) is 14.3 Å². The molecule has 3 heterocycles. The maximum absolute atomic E-state index is 12.9. The van der Waals surface area contributed by atoms with Crippen LogP contribution in [0.25, 0.3) is 22.3 Å². The van der Waals surface area contributed by atoms with Crippen LogP contribution in [0.5, 0.6) is 5.75 Å². The molecule has 1 aliphatic heterocycles. The molecule has 2 aromatic heterocycles. The summed E-state index contributed by atoms with van der Waals surface area (Å²) in [6, 6.07) is 7.42. The van der Waals surface area contributed by atoms with Crippen LogP contribution in [0.2, 0.25) is 0 Å². The van der Waals surface area contributed by atoms with Crippen molar-refractivity contribution in [3.63, 3.8) is 0 Å². The van der Waals surface area contributed by atoms with Crippen LogP contribution in [0.4, 0.5) is 0 Å². The molecule has 3 aromatic rings. The molecule has 0 radical (unpaired) electrons. The summed E-state index contributed by atoms with van der Waals surface area (Å²) in [5.41, 5.74) is 1.97. The fourth-order valence-electron chi connectivity index (χ4n) is 4.20. The minimum atomic E-state index is -0.589. The van der Waals surface area contributed by atoms with E-state index in [2.05, 4.69) is 34.6 Å². The molecule has 1 atom stereocenters. The molecule has 1 unspecified atom stereocenters. The van der Waals surface area contributed by atoms with Crippen molar-refractivity contribution in [2.45, 2.75) is 54.1 Å². The summed E-state index contributed by atoms with van der Waals surface area (Å²) in [5, 5.41) is 5.82. The van der Waals surface area contributed by atoms with Crippen molar-refractivity contribution in [1.29, 1.82) is 0 Å². The van der Waals surface area contributed by atoms with Gasteiger partial charge in [0.15, 0.2) is 5.43 Å². The maximum Gasteiger partial charge on any atom is 0.343 e.